The highest BCUT2D eigenvalue weighted by Crippen LogP contribution is 2.27. The molecule has 0 bridgehead atoms. The predicted molar refractivity (Wildman–Crippen MR) is 82.8 cm³/mol. The molecule has 20 heavy (non-hydrogen) atoms. The lowest BCUT2D eigenvalue weighted by Gasteiger charge is -2.06. The van der Waals surface area contributed by atoms with Gasteiger partial charge in [-0.2, -0.15) is 0 Å². The monoisotopic (exact) mass is 278 g/mol. The number of hydrogen-bond acceptors (Lipinski definition) is 3. The van der Waals surface area contributed by atoms with Crippen LogP contribution in [0.25, 0.3) is 11.3 Å². The smallest absolute Gasteiger partial charge is 0.193 e. The van der Waals surface area contributed by atoms with Crippen LogP contribution in [0.1, 0.15) is 5.69 Å². The lowest BCUT2D eigenvalue weighted by molar-refractivity contribution is 0.938. The number of hydrogen-bond donors (Lipinski definition) is 0. The van der Waals surface area contributed by atoms with Gasteiger partial charge < -0.3 is 0 Å². The van der Waals surface area contributed by atoms with Crippen LogP contribution in [0.2, 0.25) is 0 Å². The van der Waals surface area contributed by atoms with Crippen LogP contribution in [0.4, 0.5) is 0 Å². The molecule has 1 heterocycles. The average Bonchev–Trinajstić information content (AvgIpc) is 2.49. The Balaban J connectivity index is 1.95. The van der Waals surface area contributed by atoms with E-state index in [2.05, 4.69) is 34.2 Å². The number of rotatable bonds is 3. The van der Waals surface area contributed by atoms with Crippen molar-refractivity contribution in [2.45, 2.75) is 17.0 Å². The van der Waals surface area contributed by atoms with Gasteiger partial charge in [-0.05, 0) is 36.9 Å². The summed E-state index contributed by atoms with van der Waals surface area (Å²) in [5, 5.41) is 0.787. The van der Waals surface area contributed by atoms with Crippen LogP contribution in [0.15, 0.2) is 76.8 Å². The zero-order valence-corrected chi connectivity index (χ0v) is 12.0. The lowest BCUT2D eigenvalue weighted by Crippen LogP contribution is -1.93. The summed E-state index contributed by atoms with van der Waals surface area (Å²) in [5.41, 5.74) is 3.07. The van der Waals surface area contributed by atoms with Gasteiger partial charge in [0.25, 0.3) is 0 Å². The predicted octanol–water partition coefficient (Wildman–Crippen LogP) is 4.60. The maximum Gasteiger partial charge on any atom is 0.193 e. The van der Waals surface area contributed by atoms with Gasteiger partial charge in [-0.1, -0.05) is 48.5 Å². The van der Waals surface area contributed by atoms with Gasteiger partial charge in [0.05, 0.1) is 5.69 Å². The van der Waals surface area contributed by atoms with Gasteiger partial charge >= 0.3 is 0 Å². The van der Waals surface area contributed by atoms with Gasteiger partial charge in [0.1, 0.15) is 0 Å². The SMILES string of the molecule is Cc1cc(-c2ccccc2)nc(Sc2ccccc2)n1. The van der Waals surface area contributed by atoms with Crippen molar-refractivity contribution in [2.75, 3.05) is 0 Å². The van der Waals surface area contributed by atoms with Crippen molar-refractivity contribution < 1.29 is 0 Å². The minimum Gasteiger partial charge on any atom is -0.228 e. The normalized spacial score (nSPS) is 10.4. The molecular formula is C17H14N2S. The van der Waals surface area contributed by atoms with Crippen LogP contribution in [0.3, 0.4) is 0 Å². The maximum absolute atomic E-state index is 4.65. The second-order valence-electron chi connectivity index (χ2n) is 4.46. The summed E-state index contributed by atoms with van der Waals surface area (Å²) in [6.45, 7) is 2.00. The first-order valence-electron chi connectivity index (χ1n) is 6.45. The Morgan fingerprint density at radius 3 is 2.15 bits per heavy atom. The molecule has 0 amide bonds. The Morgan fingerprint density at radius 2 is 1.45 bits per heavy atom. The third-order valence-corrected chi connectivity index (χ3v) is 3.73. The van der Waals surface area contributed by atoms with Gasteiger partial charge in [-0.3, -0.25) is 0 Å². The Hall–Kier alpha value is -2.13. The molecule has 2 aromatic carbocycles. The van der Waals surface area contributed by atoms with Crippen molar-refractivity contribution in [2.24, 2.45) is 0 Å². The topological polar surface area (TPSA) is 25.8 Å². The molecule has 0 N–H and O–H groups in total. The summed E-state index contributed by atoms with van der Waals surface area (Å²) in [4.78, 5) is 10.3. The summed E-state index contributed by atoms with van der Waals surface area (Å²) in [6.07, 6.45) is 0. The molecule has 0 aliphatic heterocycles. The molecule has 98 valence electrons. The van der Waals surface area contributed by atoms with Crippen LogP contribution in [0.5, 0.6) is 0 Å². The second kappa shape index (κ2) is 5.88. The van der Waals surface area contributed by atoms with Crippen LogP contribution in [-0.4, -0.2) is 9.97 Å². The molecule has 3 heteroatoms. The molecule has 0 saturated heterocycles. The molecule has 0 fully saturated rings. The van der Waals surface area contributed by atoms with Gasteiger partial charge in [0, 0.05) is 16.2 Å². The first-order chi connectivity index (χ1) is 9.81. The quantitative estimate of drug-likeness (QED) is 0.655. The minimum atomic E-state index is 0.787. The fourth-order valence-corrected chi connectivity index (χ4v) is 2.78. The standard InChI is InChI=1S/C17H14N2S/c1-13-12-16(14-8-4-2-5-9-14)19-17(18-13)20-15-10-6-3-7-11-15/h2-12H,1H3. The van der Waals surface area contributed by atoms with E-state index in [1.54, 1.807) is 11.8 Å². The molecule has 0 atom stereocenters. The highest BCUT2D eigenvalue weighted by Gasteiger charge is 2.06. The molecule has 3 rings (SSSR count). The van der Waals surface area contributed by atoms with Crippen molar-refractivity contribution in [1.82, 2.24) is 9.97 Å². The van der Waals surface area contributed by atoms with Gasteiger partial charge in [0.2, 0.25) is 0 Å². The van der Waals surface area contributed by atoms with Crippen LogP contribution in [0, 0.1) is 6.92 Å². The average molecular weight is 278 g/mol. The molecule has 0 radical (unpaired) electrons. The minimum absolute atomic E-state index is 0.787. The fourth-order valence-electron chi connectivity index (χ4n) is 1.94. The third kappa shape index (κ3) is 3.06. The summed E-state index contributed by atoms with van der Waals surface area (Å²) in [7, 11) is 0. The maximum atomic E-state index is 4.65. The molecule has 2 nitrogen and oxygen atoms in total. The summed E-state index contributed by atoms with van der Waals surface area (Å²) < 4.78 is 0. The first kappa shape index (κ1) is 12.9. The molecule has 0 saturated carbocycles. The number of aryl methyl sites for hydroxylation is 1. The highest BCUT2D eigenvalue weighted by atomic mass is 32.2. The number of nitrogens with zero attached hydrogens (tertiary/aromatic N) is 2. The van der Waals surface area contributed by atoms with Crippen molar-refractivity contribution >= 4 is 11.8 Å². The number of benzene rings is 2. The summed E-state index contributed by atoms with van der Waals surface area (Å²) in [5.74, 6) is 0. The molecule has 3 aromatic rings. The van der Waals surface area contributed by atoms with Crippen LogP contribution in [-0.2, 0) is 0 Å². The zero-order chi connectivity index (χ0) is 13.8. The second-order valence-corrected chi connectivity index (χ2v) is 5.50. The van der Waals surface area contributed by atoms with E-state index in [0.717, 1.165) is 27.0 Å². The fraction of sp³-hybridized carbons (Fsp3) is 0.0588. The highest BCUT2D eigenvalue weighted by molar-refractivity contribution is 7.99. The molecule has 0 unspecified atom stereocenters. The van der Waals surface area contributed by atoms with Crippen LogP contribution < -0.4 is 0 Å². The van der Waals surface area contributed by atoms with E-state index >= 15 is 0 Å². The molecule has 0 aliphatic carbocycles. The van der Waals surface area contributed by atoms with Crippen molar-refractivity contribution in [1.29, 1.82) is 0 Å². The van der Waals surface area contributed by atoms with Crippen molar-refractivity contribution in [3.63, 3.8) is 0 Å². The Morgan fingerprint density at radius 1 is 0.800 bits per heavy atom. The van der Waals surface area contributed by atoms with Gasteiger partial charge in [-0.15, -0.1) is 0 Å². The van der Waals surface area contributed by atoms with E-state index < -0.39 is 0 Å². The Kier molecular flexibility index (Phi) is 3.79. The Bertz CT molecular complexity index is 697. The van der Waals surface area contributed by atoms with E-state index in [9.17, 15) is 0 Å². The molecule has 1 aromatic heterocycles. The largest absolute Gasteiger partial charge is 0.228 e. The zero-order valence-electron chi connectivity index (χ0n) is 11.2. The van der Waals surface area contributed by atoms with E-state index in [1.165, 1.54) is 0 Å². The Labute approximate surface area is 122 Å². The van der Waals surface area contributed by atoms with Crippen molar-refractivity contribution in [3.05, 3.63) is 72.4 Å². The van der Waals surface area contributed by atoms with E-state index in [-0.39, 0.29) is 0 Å². The van der Waals surface area contributed by atoms with E-state index in [4.69, 9.17) is 0 Å². The van der Waals surface area contributed by atoms with Crippen LogP contribution >= 0.6 is 11.8 Å². The van der Waals surface area contributed by atoms with Crippen molar-refractivity contribution in [3.8, 4) is 11.3 Å². The lowest BCUT2D eigenvalue weighted by atomic mass is 10.1. The van der Waals surface area contributed by atoms with E-state index in [0.29, 0.717) is 0 Å². The first-order valence-corrected chi connectivity index (χ1v) is 7.27. The van der Waals surface area contributed by atoms with E-state index in [1.807, 2.05) is 49.4 Å². The van der Waals surface area contributed by atoms with Gasteiger partial charge in [0.15, 0.2) is 5.16 Å². The number of aromatic nitrogens is 2. The summed E-state index contributed by atoms with van der Waals surface area (Å²) in [6, 6.07) is 22.4. The third-order valence-electron chi connectivity index (χ3n) is 2.86. The van der Waals surface area contributed by atoms with Gasteiger partial charge in [-0.25, -0.2) is 9.97 Å². The molecule has 0 spiro atoms. The summed E-state index contributed by atoms with van der Waals surface area (Å²) >= 11 is 1.59. The molecular weight excluding hydrogens is 264 g/mol. The molecule has 0 aliphatic rings.